The molecule has 32 heavy (non-hydrogen) atoms. The number of fused-ring (bicyclic) bond motifs is 1. The Morgan fingerprint density at radius 1 is 1.00 bits per heavy atom. The third-order valence-corrected chi connectivity index (χ3v) is 7.59. The number of hydrogen-bond acceptors (Lipinski definition) is 6. The zero-order valence-corrected chi connectivity index (χ0v) is 20.3. The summed E-state index contributed by atoms with van der Waals surface area (Å²) in [5.41, 5.74) is 3.13. The number of benzene rings is 3. The minimum absolute atomic E-state index is 0.232. The van der Waals surface area contributed by atoms with Crippen LogP contribution in [0.1, 0.15) is 15.9 Å². The molecular weight excluding hydrogens is 487 g/mol. The molecule has 0 aliphatic heterocycles. The maximum Gasteiger partial charge on any atom is 0.255 e. The first kappa shape index (κ1) is 22.7. The van der Waals surface area contributed by atoms with Crippen LogP contribution < -0.4 is 14.8 Å². The predicted octanol–water partition coefficient (Wildman–Crippen LogP) is 7.16. The molecule has 0 aliphatic carbocycles. The maximum absolute atomic E-state index is 12.7. The molecule has 164 valence electrons. The van der Waals surface area contributed by atoms with E-state index in [1.807, 2.05) is 30.3 Å². The van der Waals surface area contributed by atoms with Crippen LogP contribution in [0, 0.1) is 0 Å². The molecule has 1 amide bonds. The van der Waals surface area contributed by atoms with E-state index in [4.69, 9.17) is 32.7 Å². The second-order valence-corrected chi connectivity index (χ2v) is 9.79. The summed E-state index contributed by atoms with van der Waals surface area (Å²) in [6.45, 7) is 0. The Hall–Kier alpha value is -2.45. The summed E-state index contributed by atoms with van der Waals surface area (Å²) >= 11 is 15.3. The molecular formula is C23H18Cl2N2O3S2. The average molecular weight is 505 g/mol. The van der Waals surface area contributed by atoms with E-state index in [0.29, 0.717) is 32.8 Å². The molecule has 1 heterocycles. The van der Waals surface area contributed by atoms with Crippen molar-refractivity contribution < 1.29 is 14.3 Å². The Bertz CT molecular complexity index is 1290. The first-order chi connectivity index (χ1) is 15.5. The average Bonchev–Trinajstić information content (AvgIpc) is 3.21. The molecule has 0 radical (unpaired) electrons. The van der Waals surface area contributed by atoms with Gasteiger partial charge in [0, 0.05) is 17.0 Å². The van der Waals surface area contributed by atoms with E-state index >= 15 is 0 Å². The van der Waals surface area contributed by atoms with Gasteiger partial charge in [-0.2, -0.15) is 0 Å². The smallest absolute Gasteiger partial charge is 0.255 e. The fraction of sp³-hybridized carbons (Fsp3) is 0.130. The number of thioether (sulfide) groups is 1. The van der Waals surface area contributed by atoms with Crippen LogP contribution in [0.25, 0.3) is 10.2 Å². The van der Waals surface area contributed by atoms with E-state index in [0.717, 1.165) is 25.9 Å². The van der Waals surface area contributed by atoms with Crippen molar-refractivity contribution in [2.75, 3.05) is 19.5 Å². The number of thiazole rings is 1. The number of nitrogens with zero attached hydrogens (tertiary/aromatic N) is 1. The quantitative estimate of drug-likeness (QED) is 0.270. The van der Waals surface area contributed by atoms with Crippen LogP contribution in [0.2, 0.25) is 10.0 Å². The van der Waals surface area contributed by atoms with Crippen LogP contribution in [-0.2, 0) is 5.75 Å². The Balaban J connectivity index is 1.46. The van der Waals surface area contributed by atoms with E-state index in [-0.39, 0.29) is 5.91 Å². The van der Waals surface area contributed by atoms with Crippen LogP contribution in [0.4, 0.5) is 5.69 Å². The Morgan fingerprint density at radius 3 is 2.56 bits per heavy atom. The van der Waals surface area contributed by atoms with E-state index in [2.05, 4.69) is 10.3 Å². The number of ether oxygens (including phenoxy) is 2. The van der Waals surface area contributed by atoms with Crippen LogP contribution >= 0.6 is 46.3 Å². The van der Waals surface area contributed by atoms with Crippen LogP contribution in [0.5, 0.6) is 11.5 Å². The molecule has 9 heteroatoms. The zero-order chi connectivity index (χ0) is 22.7. The first-order valence-electron chi connectivity index (χ1n) is 9.47. The summed E-state index contributed by atoms with van der Waals surface area (Å²) in [5, 5.41) is 4.02. The van der Waals surface area contributed by atoms with Gasteiger partial charge in [-0.25, -0.2) is 4.98 Å². The standard InChI is InChI=1S/C23H18Cl2N2O3S2/c1-29-19-8-4-14(10-20(19)30-2)22(28)26-15-5-7-18-21(11-15)32-23(27-18)31-12-13-3-6-16(24)17(25)9-13/h3-11H,12H2,1-2H3,(H,26,28). The van der Waals surface area contributed by atoms with Gasteiger partial charge in [0.1, 0.15) is 0 Å². The maximum atomic E-state index is 12.7. The van der Waals surface area contributed by atoms with Gasteiger partial charge >= 0.3 is 0 Å². The van der Waals surface area contributed by atoms with Crippen LogP contribution in [0.15, 0.2) is 58.9 Å². The topological polar surface area (TPSA) is 60.5 Å². The van der Waals surface area contributed by atoms with Crippen molar-refractivity contribution >= 4 is 68.1 Å². The normalized spacial score (nSPS) is 10.9. The Labute approximate surface area is 203 Å². The van der Waals surface area contributed by atoms with Gasteiger partial charge in [-0.3, -0.25) is 4.79 Å². The number of halogens is 2. The van der Waals surface area contributed by atoms with Crippen molar-refractivity contribution in [1.82, 2.24) is 4.98 Å². The number of methoxy groups -OCH3 is 2. The summed E-state index contributed by atoms with van der Waals surface area (Å²) < 4.78 is 12.4. The van der Waals surface area contributed by atoms with Gasteiger partial charge in [0.25, 0.3) is 5.91 Å². The highest BCUT2D eigenvalue weighted by Crippen LogP contribution is 2.34. The molecule has 1 aromatic heterocycles. The molecule has 3 aromatic carbocycles. The summed E-state index contributed by atoms with van der Waals surface area (Å²) in [5.74, 6) is 1.58. The van der Waals surface area contributed by atoms with Crippen molar-refractivity contribution in [3.63, 3.8) is 0 Å². The molecule has 0 atom stereocenters. The fourth-order valence-corrected chi connectivity index (χ4v) is 5.37. The number of nitrogens with one attached hydrogen (secondary N) is 1. The van der Waals surface area contributed by atoms with Gasteiger partial charge in [0.05, 0.1) is 34.5 Å². The number of rotatable bonds is 7. The van der Waals surface area contributed by atoms with Crippen molar-refractivity contribution in [3.8, 4) is 11.5 Å². The summed E-state index contributed by atoms with van der Waals surface area (Å²) in [6, 6.07) is 16.3. The highest BCUT2D eigenvalue weighted by molar-refractivity contribution is 8.00. The van der Waals surface area contributed by atoms with Crippen LogP contribution in [0.3, 0.4) is 0 Å². The largest absolute Gasteiger partial charge is 0.493 e. The fourth-order valence-electron chi connectivity index (χ4n) is 3.00. The summed E-state index contributed by atoms with van der Waals surface area (Å²) in [7, 11) is 3.09. The van der Waals surface area contributed by atoms with Crippen molar-refractivity contribution in [3.05, 3.63) is 75.8 Å². The lowest BCUT2D eigenvalue weighted by atomic mass is 10.2. The molecule has 1 N–H and O–H groups in total. The highest BCUT2D eigenvalue weighted by Gasteiger charge is 2.12. The third kappa shape index (κ3) is 5.13. The number of aromatic nitrogens is 1. The van der Waals surface area contributed by atoms with Crippen molar-refractivity contribution in [2.24, 2.45) is 0 Å². The minimum atomic E-state index is -0.232. The lowest BCUT2D eigenvalue weighted by Gasteiger charge is -2.10. The lowest BCUT2D eigenvalue weighted by molar-refractivity contribution is 0.102. The number of carbonyl (C=O) groups excluding carboxylic acids is 1. The van der Waals surface area contributed by atoms with E-state index in [9.17, 15) is 4.79 Å². The minimum Gasteiger partial charge on any atom is -0.493 e. The second-order valence-electron chi connectivity index (χ2n) is 6.72. The molecule has 0 saturated heterocycles. The predicted molar refractivity (Wildman–Crippen MR) is 133 cm³/mol. The lowest BCUT2D eigenvalue weighted by Crippen LogP contribution is -2.12. The van der Waals surface area contributed by atoms with Gasteiger partial charge in [-0.05, 0) is 54.1 Å². The van der Waals surface area contributed by atoms with E-state index in [1.165, 1.54) is 7.11 Å². The Morgan fingerprint density at radius 2 is 1.81 bits per heavy atom. The van der Waals surface area contributed by atoms with Crippen molar-refractivity contribution in [1.29, 1.82) is 0 Å². The number of amides is 1. The molecule has 4 rings (SSSR count). The van der Waals surface area contributed by atoms with Crippen molar-refractivity contribution in [2.45, 2.75) is 10.1 Å². The monoisotopic (exact) mass is 504 g/mol. The molecule has 0 spiro atoms. The molecule has 4 aromatic rings. The SMILES string of the molecule is COc1ccc(C(=O)Nc2ccc3nc(SCc4ccc(Cl)c(Cl)c4)sc3c2)cc1OC. The third-order valence-electron chi connectivity index (χ3n) is 4.62. The number of hydrogen-bond donors (Lipinski definition) is 1. The summed E-state index contributed by atoms with van der Waals surface area (Å²) in [6.07, 6.45) is 0. The van der Waals surface area contributed by atoms with Crippen LogP contribution in [-0.4, -0.2) is 25.1 Å². The first-order valence-corrected chi connectivity index (χ1v) is 12.0. The number of anilines is 1. The molecule has 0 bridgehead atoms. The van der Waals surface area contributed by atoms with Gasteiger partial charge in [-0.15, -0.1) is 11.3 Å². The van der Waals surface area contributed by atoms with E-state index in [1.54, 1.807) is 54.5 Å². The molecule has 5 nitrogen and oxygen atoms in total. The van der Waals surface area contributed by atoms with E-state index < -0.39 is 0 Å². The molecule has 0 saturated carbocycles. The summed E-state index contributed by atoms with van der Waals surface area (Å²) in [4.78, 5) is 17.4. The number of carbonyl (C=O) groups is 1. The molecule has 0 aliphatic rings. The van der Waals surface area contributed by atoms with Gasteiger partial charge in [-0.1, -0.05) is 41.0 Å². The Kier molecular flexibility index (Phi) is 7.10. The van der Waals surface area contributed by atoms with Gasteiger partial charge in [0.2, 0.25) is 0 Å². The molecule has 0 fully saturated rings. The van der Waals surface area contributed by atoms with Gasteiger partial charge < -0.3 is 14.8 Å². The highest BCUT2D eigenvalue weighted by atomic mass is 35.5. The molecule has 0 unspecified atom stereocenters. The van der Waals surface area contributed by atoms with Gasteiger partial charge in [0.15, 0.2) is 15.8 Å². The second kappa shape index (κ2) is 10.0. The zero-order valence-electron chi connectivity index (χ0n) is 17.1.